The summed E-state index contributed by atoms with van der Waals surface area (Å²) in [7, 11) is 0. The minimum atomic E-state index is -0.873. The smallest absolute Gasteiger partial charge is 0.348 e. The Bertz CT molecular complexity index is 253. The van der Waals surface area contributed by atoms with Crippen molar-refractivity contribution in [2.75, 3.05) is 13.2 Å². The molecule has 0 amide bonds. The highest BCUT2D eigenvalue weighted by Crippen LogP contribution is 1.99. The summed E-state index contributed by atoms with van der Waals surface area (Å²) < 4.78 is 13.4. The molecule has 0 spiro atoms. The summed E-state index contributed by atoms with van der Waals surface area (Å²) in [6.45, 7) is 1.66. The van der Waals surface area contributed by atoms with Gasteiger partial charge in [0.2, 0.25) is 6.10 Å². The summed E-state index contributed by atoms with van der Waals surface area (Å²) in [4.78, 5) is 11.1. The lowest BCUT2D eigenvalue weighted by molar-refractivity contribution is -0.154. The third-order valence-electron chi connectivity index (χ3n) is 1.32. The van der Waals surface area contributed by atoms with Crippen molar-refractivity contribution in [2.24, 2.45) is 0 Å². The van der Waals surface area contributed by atoms with Crippen LogP contribution in [0, 0.1) is 23.0 Å². The molecule has 0 aliphatic carbocycles. The summed E-state index contributed by atoms with van der Waals surface area (Å²) in [5, 5.41) is 16.2. The van der Waals surface area contributed by atoms with E-state index in [1.54, 1.807) is 6.92 Å². The molecule has 0 bridgehead atoms. The maximum Gasteiger partial charge on any atom is 0.348 e. The molecule has 0 aromatic carbocycles. The first-order valence-corrected chi connectivity index (χ1v) is 3.98. The second-order valence-corrected chi connectivity index (χ2v) is 2.21. The quantitative estimate of drug-likeness (QED) is 0.346. The van der Waals surface area contributed by atoms with Crippen molar-refractivity contribution in [1.29, 1.82) is 10.5 Å². The van der Waals surface area contributed by atoms with E-state index in [4.69, 9.17) is 10.5 Å². The van der Waals surface area contributed by atoms with E-state index in [9.17, 15) is 4.79 Å². The van der Waals surface area contributed by atoms with Crippen molar-refractivity contribution in [3.05, 3.63) is 0 Å². The molecule has 0 rings (SSSR count). The SMILES string of the molecule is CCC(OC#N)C(=O)OCCOC#N. The molecular formula is C8H10N2O4. The normalized spacial score (nSPS) is 10.5. The van der Waals surface area contributed by atoms with Crippen LogP contribution in [0.15, 0.2) is 0 Å². The predicted octanol–water partition coefficient (Wildman–Crippen LogP) is 0.304. The van der Waals surface area contributed by atoms with Crippen molar-refractivity contribution in [1.82, 2.24) is 0 Å². The molecule has 0 saturated carbocycles. The Balaban J connectivity index is 3.72. The first-order chi connectivity index (χ1) is 6.76. The summed E-state index contributed by atoms with van der Waals surface area (Å²) >= 11 is 0. The summed E-state index contributed by atoms with van der Waals surface area (Å²) in [5.41, 5.74) is 0. The molecule has 0 saturated heterocycles. The minimum absolute atomic E-state index is 0.00519. The number of ether oxygens (including phenoxy) is 3. The molecule has 0 N–H and O–H groups in total. The van der Waals surface area contributed by atoms with E-state index in [1.807, 2.05) is 0 Å². The second-order valence-electron chi connectivity index (χ2n) is 2.21. The van der Waals surface area contributed by atoms with E-state index in [0.717, 1.165) is 0 Å². The standard InChI is InChI=1S/C8H10N2O4/c1-2-7(14-6-10)8(11)13-4-3-12-5-9/h7H,2-4H2,1H3. The highest BCUT2D eigenvalue weighted by molar-refractivity contribution is 5.74. The summed E-state index contributed by atoms with van der Waals surface area (Å²) in [5.74, 6) is -0.629. The van der Waals surface area contributed by atoms with Gasteiger partial charge >= 0.3 is 5.97 Å². The average Bonchev–Trinajstić information content (AvgIpc) is 2.20. The van der Waals surface area contributed by atoms with Crippen LogP contribution in [0.4, 0.5) is 0 Å². The van der Waals surface area contributed by atoms with Crippen molar-refractivity contribution >= 4 is 5.97 Å². The van der Waals surface area contributed by atoms with Crippen molar-refractivity contribution in [2.45, 2.75) is 19.4 Å². The van der Waals surface area contributed by atoms with Crippen LogP contribution in [0.1, 0.15) is 13.3 Å². The van der Waals surface area contributed by atoms with Crippen LogP contribution >= 0.6 is 0 Å². The van der Waals surface area contributed by atoms with E-state index < -0.39 is 12.1 Å². The number of carbonyl (C=O) groups is 1. The fraction of sp³-hybridized carbons (Fsp3) is 0.625. The molecule has 0 fully saturated rings. The molecule has 14 heavy (non-hydrogen) atoms. The van der Waals surface area contributed by atoms with Crippen LogP contribution in [0.5, 0.6) is 0 Å². The van der Waals surface area contributed by atoms with Gasteiger partial charge in [-0.2, -0.15) is 10.5 Å². The number of nitriles is 2. The van der Waals surface area contributed by atoms with Gasteiger partial charge in [-0.15, -0.1) is 0 Å². The molecule has 1 atom stereocenters. The first kappa shape index (κ1) is 12.0. The van der Waals surface area contributed by atoms with E-state index >= 15 is 0 Å². The molecule has 0 aromatic rings. The molecule has 76 valence electrons. The van der Waals surface area contributed by atoms with Gasteiger partial charge in [-0.1, -0.05) is 6.92 Å². The van der Waals surface area contributed by atoms with Gasteiger partial charge < -0.3 is 14.2 Å². The van der Waals surface area contributed by atoms with Crippen molar-refractivity contribution < 1.29 is 19.0 Å². The number of hydrogen-bond donors (Lipinski definition) is 0. The summed E-state index contributed by atoms with van der Waals surface area (Å²) in [6, 6.07) is 0. The number of nitrogens with zero attached hydrogens (tertiary/aromatic N) is 2. The molecule has 6 nitrogen and oxygen atoms in total. The Morgan fingerprint density at radius 1 is 1.36 bits per heavy atom. The molecular weight excluding hydrogens is 188 g/mol. The zero-order valence-electron chi connectivity index (χ0n) is 7.73. The Morgan fingerprint density at radius 3 is 2.57 bits per heavy atom. The van der Waals surface area contributed by atoms with Crippen LogP contribution in [0.2, 0.25) is 0 Å². The maximum absolute atomic E-state index is 11.1. The zero-order chi connectivity index (χ0) is 10.8. The van der Waals surface area contributed by atoms with Crippen LogP contribution in [-0.2, 0) is 19.0 Å². The monoisotopic (exact) mass is 198 g/mol. The van der Waals surface area contributed by atoms with Gasteiger partial charge in [-0.05, 0) is 6.42 Å². The fourth-order valence-electron chi connectivity index (χ4n) is 0.684. The van der Waals surface area contributed by atoms with Gasteiger partial charge in [-0.25, -0.2) is 4.79 Å². The lowest BCUT2D eigenvalue weighted by Crippen LogP contribution is -2.25. The minimum Gasteiger partial charge on any atom is -0.459 e. The zero-order valence-corrected chi connectivity index (χ0v) is 7.73. The molecule has 0 aliphatic heterocycles. The van der Waals surface area contributed by atoms with Gasteiger partial charge in [0.15, 0.2) is 0 Å². The number of esters is 1. The topological polar surface area (TPSA) is 92.3 Å². The third-order valence-corrected chi connectivity index (χ3v) is 1.32. The first-order valence-electron chi connectivity index (χ1n) is 3.98. The molecule has 1 unspecified atom stereocenters. The van der Waals surface area contributed by atoms with Gasteiger partial charge in [0.05, 0.1) is 0 Å². The molecule has 0 heterocycles. The Hall–Kier alpha value is -1.95. The van der Waals surface area contributed by atoms with E-state index in [1.165, 1.54) is 12.5 Å². The highest BCUT2D eigenvalue weighted by atomic mass is 16.6. The van der Waals surface area contributed by atoms with E-state index in [2.05, 4.69) is 14.2 Å². The van der Waals surface area contributed by atoms with Gasteiger partial charge in [-0.3, -0.25) is 0 Å². The molecule has 0 aliphatic rings. The van der Waals surface area contributed by atoms with Crippen LogP contribution in [0.25, 0.3) is 0 Å². The summed E-state index contributed by atoms with van der Waals surface area (Å²) in [6.07, 6.45) is 2.33. The molecule has 0 radical (unpaired) electrons. The molecule has 0 aromatic heterocycles. The Labute approximate surface area is 81.6 Å². The second kappa shape index (κ2) is 7.69. The van der Waals surface area contributed by atoms with E-state index in [-0.39, 0.29) is 13.2 Å². The lowest BCUT2D eigenvalue weighted by atomic mass is 10.3. The lowest BCUT2D eigenvalue weighted by Gasteiger charge is -2.10. The number of carbonyl (C=O) groups excluding carboxylic acids is 1. The Morgan fingerprint density at radius 2 is 2.07 bits per heavy atom. The third kappa shape index (κ3) is 4.83. The Kier molecular flexibility index (Phi) is 6.62. The maximum atomic E-state index is 11.1. The van der Waals surface area contributed by atoms with Crippen LogP contribution in [0.3, 0.4) is 0 Å². The van der Waals surface area contributed by atoms with Crippen LogP contribution < -0.4 is 0 Å². The van der Waals surface area contributed by atoms with Crippen molar-refractivity contribution in [3.8, 4) is 12.5 Å². The molecule has 6 heteroatoms. The van der Waals surface area contributed by atoms with Crippen LogP contribution in [-0.4, -0.2) is 25.3 Å². The van der Waals surface area contributed by atoms with Crippen molar-refractivity contribution in [3.63, 3.8) is 0 Å². The van der Waals surface area contributed by atoms with Gasteiger partial charge in [0.25, 0.3) is 12.5 Å². The average molecular weight is 198 g/mol. The fourth-order valence-corrected chi connectivity index (χ4v) is 0.684. The number of rotatable bonds is 6. The predicted molar refractivity (Wildman–Crippen MR) is 43.3 cm³/mol. The highest BCUT2D eigenvalue weighted by Gasteiger charge is 2.19. The number of hydrogen-bond acceptors (Lipinski definition) is 6. The van der Waals surface area contributed by atoms with Gasteiger partial charge in [0.1, 0.15) is 13.2 Å². The largest absolute Gasteiger partial charge is 0.459 e. The van der Waals surface area contributed by atoms with E-state index in [0.29, 0.717) is 6.42 Å². The van der Waals surface area contributed by atoms with Gasteiger partial charge in [0, 0.05) is 0 Å².